The average Bonchev–Trinajstić information content (AvgIpc) is 3.01. The van der Waals surface area contributed by atoms with Gasteiger partial charge in [-0.25, -0.2) is 13.5 Å². The van der Waals surface area contributed by atoms with E-state index in [1.54, 1.807) is 24.3 Å². The van der Waals surface area contributed by atoms with E-state index in [0.717, 1.165) is 6.07 Å². The summed E-state index contributed by atoms with van der Waals surface area (Å²) in [6.07, 6.45) is 0.375. The monoisotopic (exact) mass is 436 g/mol. The predicted molar refractivity (Wildman–Crippen MR) is 107 cm³/mol. The van der Waals surface area contributed by atoms with Crippen LogP contribution >= 0.6 is 34.8 Å². The van der Waals surface area contributed by atoms with Crippen LogP contribution in [-0.4, -0.2) is 16.1 Å². The highest BCUT2D eigenvalue weighted by molar-refractivity contribution is 6.33. The number of halogens is 5. The SMILES string of the molecule is O=Cc1cc(Cl)c(-n2nc(-c3ccc(Cl)cc3F)c3cc(Cl)ccc32)cc1F. The molecule has 3 aromatic carbocycles. The Morgan fingerprint density at radius 2 is 1.61 bits per heavy atom. The minimum Gasteiger partial charge on any atom is -0.298 e. The lowest BCUT2D eigenvalue weighted by molar-refractivity contribution is 0.112. The van der Waals surface area contributed by atoms with E-state index < -0.39 is 11.6 Å². The molecule has 140 valence electrons. The summed E-state index contributed by atoms with van der Waals surface area (Å²) in [6.45, 7) is 0. The van der Waals surface area contributed by atoms with Gasteiger partial charge in [0.2, 0.25) is 0 Å². The Bertz CT molecular complexity index is 1250. The summed E-state index contributed by atoms with van der Waals surface area (Å²) in [5.41, 5.74) is 1.07. The van der Waals surface area contributed by atoms with E-state index in [-0.39, 0.29) is 26.9 Å². The van der Waals surface area contributed by atoms with Gasteiger partial charge < -0.3 is 0 Å². The Labute approximate surface area is 173 Å². The first-order valence-electron chi connectivity index (χ1n) is 7.97. The van der Waals surface area contributed by atoms with Gasteiger partial charge in [0.25, 0.3) is 0 Å². The van der Waals surface area contributed by atoms with Crippen molar-refractivity contribution in [3.05, 3.63) is 80.8 Å². The zero-order valence-corrected chi connectivity index (χ0v) is 16.2. The molecule has 0 saturated carbocycles. The van der Waals surface area contributed by atoms with E-state index in [4.69, 9.17) is 34.8 Å². The molecule has 0 aliphatic rings. The Morgan fingerprint density at radius 1 is 0.893 bits per heavy atom. The lowest BCUT2D eigenvalue weighted by Gasteiger charge is -2.08. The molecule has 0 N–H and O–H groups in total. The van der Waals surface area contributed by atoms with E-state index in [1.807, 2.05) is 0 Å². The van der Waals surface area contributed by atoms with Crippen molar-refractivity contribution in [2.45, 2.75) is 0 Å². The minimum absolute atomic E-state index is 0.117. The number of carbonyl (C=O) groups is 1. The molecule has 8 heteroatoms. The van der Waals surface area contributed by atoms with Crippen LogP contribution in [0.2, 0.25) is 15.1 Å². The molecule has 0 saturated heterocycles. The van der Waals surface area contributed by atoms with Gasteiger partial charge in [0.15, 0.2) is 6.29 Å². The molecule has 4 rings (SSSR count). The van der Waals surface area contributed by atoms with Crippen LogP contribution in [0.25, 0.3) is 27.8 Å². The van der Waals surface area contributed by atoms with Gasteiger partial charge in [-0.2, -0.15) is 5.10 Å². The first-order chi connectivity index (χ1) is 13.4. The van der Waals surface area contributed by atoms with Crippen molar-refractivity contribution in [3.63, 3.8) is 0 Å². The van der Waals surface area contributed by atoms with Crippen LogP contribution in [0.3, 0.4) is 0 Å². The van der Waals surface area contributed by atoms with Crippen LogP contribution in [0.1, 0.15) is 10.4 Å². The van der Waals surface area contributed by atoms with Crippen molar-refractivity contribution >= 4 is 52.0 Å². The van der Waals surface area contributed by atoms with Crippen molar-refractivity contribution in [3.8, 4) is 16.9 Å². The van der Waals surface area contributed by atoms with Gasteiger partial charge in [0.05, 0.1) is 21.8 Å². The maximum absolute atomic E-state index is 14.5. The molecule has 1 heterocycles. The van der Waals surface area contributed by atoms with E-state index >= 15 is 0 Å². The van der Waals surface area contributed by atoms with Gasteiger partial charge in [-0.15, -0.1) is 0 Å². The summed E-state index contributed by atoms with van der Waals surface area (Å²) in [7, 11) is 0. The molecule has 0 unspecified atom stereocenters. The van der Waals surface area contributed by atoms with Gasteiger partial charge in [-0.1, -0.05) is 34.8 Å². The largest absolute Gasteiger partial charge is 0.298 e. The van der Waals surface area contributed by atoms with E-state index in [0.29, 0.717) is 27.9 Å². The molecule has 1 aromatic heterocycles. The Morgan fingerprint density at radius 3 is 2.32 bits per heavy atom. The number of benzene rings is 3. The molecule has 0 atom stereocenters. The topological polar surface area (TPSA) is 34.9 Å². The molecule has 0 radical (unpaired) electrons. The number of fused-ring (bicyclic) bond motifs is 1. The number of carbonyl (C=O) groups excluding carboxylic acids is 1. The lowest BCUT2D eigenvalue weighted by Crippen LogP contribution is -2.01. The van der Waals surface area contributed by atoms with E-state index in [1.165, 1.54) is 22.9 Å². The quantitative estimate of drug-likeness (QED) is 0.333. The third-order valence-electron chi connectivity index (χ3n) is 4.25. The molecule has 3 nitrogen and oxygen atoms in total. The molecular formula is C20H9Cl3F2N2O. The molecular weight excluding hydrogens is 429 g/mol. The molecule has 0 bridgehead atoms. The van der Waals surface area contributed by atoms with E-state index in [2.05, 4.69) is 5.10 Å². The lowest BCUT2D eigenvalue weighted by atomic mass is 10.1. The van der Waals surface area contributed by atoms with Crippen LogP contribution in [0.5, 0.6) is 0 Å². The number of rotatable bonds is 3. The molecule has 0 amide bonds. The van der Waals surface area contributed by atoms with Crippen LogP contribution in [0, 0.1) is 11.6 Å². The Hall–Kier alpha value is -2.47. The number of aldehydes is 1. The van der Waals surface area contributed by atoms with Crippen LogP contribution in [0.4, 0.5) is 8.78 Å². The highest BCUT2D eigenvalue weighted by atomic mass is 35.5. The summed E-state index contributed by atoms with van der Waals surface area (Å²) in [5.74, 6) is -1.31. The number of hydrogen-bond donors (Lipinski definition) is 0. The van der Waals surface area contributed by atoms with Crippen LogP contribution in [-0.2, 0) is 0 Å². The average molecular weight is 438 g/mol. The zero-order valence-electron chi connectivity index (χ0n) is 13.9. The summed E-state index contributed by atoms with van der Waals surface area (Å²) in [5, 5.41) is 5.79. The molecule has 4 aromatic rings. The standard InChI is InChI=1S/C20H9Cl3F2N2O/c21-11-2-4-18-14(6-11)20(13-3-1-12(22)7-17(13)25)26-27(18)19-8-16(24)10(9-28)5-15(19)23/h1-9H. The smallest absolute Gasteiger partial charge is 0.153 e. The van der Waals surface area contributed by atoms with Crippen molar-refractivity contribution in [1.82, 2.24) is 9.78 Å². The normalized spacial score (nSPS) is 11.2. The van der Waals surface area contributed by atoms with Gasteiger partial charge in [-0.05, 0) is 42.5 Å². The zero-order chi connectivity index (χ0) is 20.0. The van der Waals surface area contributed by atoms with Gasteiger partial charge in [-0.3, -0.25) is 4.79 Å². The first-order valence-corrected chi connectivity index (χ1v) is 9.10. The van der Waals surface area contributed by atoms with Crippen molar-refractivity contribution in [1.29, 1.82) is 0 Å². The van der Waals surface area contributed by atoms with Crippen molar-refractivity contribution < 1.29 is 13.6 Å². The third kappa shape index (κ3) is 3.15. The van der Waals surface area contributed by atoms with Crippen LogP contribution in [0.15, 0.2) is 48.5 Å². The third-order valence-corrected chi connectivity index (χ3v) is 5.02. The van der Waals surface area contributed by atoms with E-state index in [9.17, 15) is 13.6 Å². The first kappa shape index (κ1) is 18.9. The maximum Gasteiger partial charge on any atom is 0.153 e. The fourth-order valence-electron chi connectivity index (χ4n) is 2.96. The number of aromatic nitrogens is 2. The van der Waals surface area contributed by atoms with Gasteiger partial charge in [0, 0.05) is 27.1 Å². The summed E-state index contributed by atoms with van der Waals surface area (Å²) in [6, 6.07) is 11.5. The van der Waals surface area contributed by atoms with Crippen molar-refractivity contribution in [2.24, 2.45) is 0 Å². The predicted octanol–water partition coefficient (Wildman–Crippen LogP) is 6.74. The fourth-order valence-corrected chi connectivity index (χ4v) is 3.54. The second-order valence-electron chi connectivity index (χ2n) is 5.99. The summed E-state index contributed by atoms with van der Waals surface area (Å²) >= 11 is 18.2. The summed E-state index contributed by atoms with van der Waals surface area (Å²) in [4.78, 5) is 10.9. The molecule has 28 heavy (non-hydrogen) atoms. The number of hydrogen-bond acceptors (Lipinski definition) is 2. The maximum atomic E-state index is 14.5. The second kappa shape index (κ2) is 7.17. The molecule has 0 spiro atoms. The summed E-state index contributed by atoms with van der Waals surface area (Å²) < 4.78 is 30.1. The Balaban J connectivity index is 2.04. The molecule has 0 aliphatic carbocycles. The highest BCUT2D eigenvalue weighted by Crippen LogP contribution is 2.35. The fraction of sp³-hybridized carbons (Fsp3) is 0. The van der Waals surface area contributed by atoms with Gasteiger partial charge in [0.1, 0.15) is 17.3 Å². The number of nitrogens with zero attached hydrogens (tertiary/aromatic N) is 2. The van der Waals surface area contributed by atoms with Crippen molar-refractivity contribution in [2.75, 3.05) is 0 Å². The second-order valence-corrected chi connectivity index (χ2v) is 7.27. The van der Waals surface area contributed by atoms with Crippen LogP contribution < -0.4 is 0 Å². The Kier molecular flexibility index (Phi) is 4.83. The minimum atomic E-state index is -0.744. The molecule has 0 fully saturated rings. The highest BCUT2D eigenvalue weighted by Gasteiger charge is 2.19. The van der Waals surface area contributed by atoms with Gasteiger partial charge >= 0.3 is 0 Å². The molecule has 0 aliphatic heterocycles.